The summed E-state index contributed by atoms with van der Waals surface area (Å²) in [5, 5.41) is 0.471. The van der Waals surface area contributed by atoms with Gasteiger partial charge in [-0.25, -0.2) is 4.98 Å². The van der Waals surface area contributed by atoms with E-state index in [0.29, 0.717) is 55.2 Å². The lowest BCUT2D eigenvalue weighted by Gasteiger charge is -2.35. The van der Waals surface area contributed by atoms with Gasteiger partial charge in [-0.15, -0.1) is 0 Å². The second-order valence-corrected chi connectivity index (χ2v) is 9.06. The average Bonchev–Trinajstić information content (AvgIpc) is 2.91. The SMILES string of the molecule is O=C(c1ccc(-c2cc(C(F)(F)F)cc(C(F)(F)F)c2)cc1)N1CCN(c2nc3ccccc3c(=O)[nH]2)CC1. The minimum atomic E-state index is -4.95. The molecule has 39 heavy (non-hydrogen) atoms. The van der Waals surface area contributed by atoms with Crippen LogP contribution in [0.5, 0.6) is 0 Å². The third-order valence-electron chi connectivity index (χ3n) is 6.52. The molecule has 202 valence electrons. The number of benzene rings is 3. The van der Waals surface area contributed by atoms with Crippen LogP contribution in [0.1, 0.15) is 21.5 Å². The molecular formula is C27H20F6N4O2. The monoisotopic (exact) mass is 546 g/mol. The molecule has 0 saturated carbocycles. The smallest absolute Gasteiger partial charge is 0.339 e. The number of piperazine rings is 1. The van der Waals surface area contributed by atoms with Crippen molar-refractivity contribution in [1.29, 1.82) is 0 Å². The number of fused-ring (bicyclic) bond motifs is 1. The number of amides is 1. The van der Waals surface area contributed by atoms with Crippen molar-refractivity contribution in [3.05, 3.63) is 93.8 Å². The molecule has 0 unspecified atom stereocenters. The molecule has 0 aliphatic carbocycles. The molecular weight excluding hydrogens is 526 g/mol. The molecule has 4 aromatic rings. The highest BCUT2D eigenvalue weighted by Gasteiger charge is 2.37. The molecule has 0 atom stereocenters. The third-order valence-corrected chi connectivity index (χ3v) is 6.52. The van der Waals surface area contributed by atoms with E-state index in [0.717, 1.165) is 0 Å². The minimum Gasteiger partial charge on any atom is -0.339 e. The van der Waals surface area contributed by atoms with E-state index >= 15 is 0 Å². The van der Waals surface area contributed by atoms with Gasteiger partial charge in [-0.2, -0.15) is 26.3 Å². The maximum atomic E-state index is 13.2. The zero-order chi connectivity index (χ0) is 27.9. The van der Waals surface area contributed by atoms with Crippen LogP contribution in [-0.4, -0.2) is 47.0 Å². The number of H-pyrrole nitrogens is 1. The first-order valence-electron chi connectivity index (χ1n) is 11.8. The first kappa shape index (κ1) is 26.3. The summed E-state index contributed by atoms with van der Waals surface area (Å²) in [5.41, 5.74) is -2.44. The highest BCUT2D eigenvalue weighted by Crippen LogP contribution is 2.38. The lowest BCUT2D eigenvalue weighted by molar-refractivity contribution is -0.143. The first-order chi connectivity index (χ1) is 18.4. The molecule has 2 heterocycles. The van der Waals surface area contributed by atoms with E-state index in [1.165, 1.54) is 24.3 Å². The minimum absolute atomic E-state index is 0.0735. The molecule has 0 radical (unpaired) electrons. The molecule has 12 heteroatoms. The number of aromatic amines is 1. The zero-order valence-electron chi connectivity index (χ0n) is 20.1. The van der Waals surface area contributed by atoms with Gasteiger partial charge in [0.25, 0.3) is 11.5 Å². The summed E-state index contributed by atoms with van der Waals surface area (Å²) in [6, 6.07) is 13.7. The van der Waals surface area contributed by atoms with Crippen LogP contribution < -0.4 is 10.5 Å². The van der Waals surface area contributed by atoms with Crippen LogP contribution in [0.4, 0.5) is 32.3 Å². The summed E-state index contributed by atoms with van der Waals surface area (Å²) in [7, 11) is 0. The number of carbonyl (C=O) groups is 1. The normalized spacial score (nSPS) is 14.6. The first-order valence-corrected chi connectivity index (χ1v) is 11.8. The Hall–Kier alpha value is -4.35. The summed E-state index contributed by atoms with van der Waals surface area (Å²) < 4.78 is 79.3. The van der Waals surface area contributed by atoms with Crippen molar-refractivity contribution in [1.82, 2.24) is 14.9 Å². The highest BCUT2D eigenvalue weighted by atomic mass is 19.4. The Morgan fingerprint density at radius 1 is 0.769 bits per heavy atom. The van der Waals surface area contributed by atoms with E-state index in [9.17, 15) is 35.9 Å². The second-order valence-electron chi connectivity index (χ2n) is 9.06. The van der Waals surface area contributed by atoms with Gasteiger partial charge >= 0.3 is 12.4 Å². The number of carbonyl (C=O) groups excluding carboxylic acids is 1. The highest BCUT2D eigenvalue weighted by molar-refractivity contribution is 5.95. The van der Waals surface area contributed by atoms with Gasteiger partial charge in [0.15, 0.2) is 0 Å². The fraction of sp³-hybridized carbons (Fsp3) is 0.222. The van der Waals surface area contributed by atoms with Crippen molar-refractivity contribution >= 4 is 22.8 Å². The van der Waals surface area contributed by atoms with Gasteiger partial charge in [0.2, 0.25) is 5.95 Å². The lowest BCUT2D eigenvalue weighted by atomic mass is 9.98. The van der Waals surface area contributed by atoms with Crippen molar-refractivity contribution in [2.75, 3.05) is 31.1 Å². The summed E-state index contributed by atoms with van der Waals surface area (Å²) in [6.45, 7) is 1.44. The average molecular weight is 546 g/mol. The molecule has 5 rings (SSSR count). The second kappa shape index (κ2) is 9.75. The van der Waals surface area contributed by atoms with Gasteiger partial charge in [-0.3, -0.25) is 14.6 Å². The molecule has 1 aliphatic rings. The summed E-state index contributed by atoms with van der Waals surface area (Å²) in [4.78, 5) is 36.1. The molecule has 1 amide bonds. The van der Waals surface area contributed by atoms with Gasteiger partial charge in [-0.1, -0.05) is 24.3 Å². The Labute approximate surface area is 217 Å². The number of aromatic nitrogens is 2. The number of alkyl halides is 6. The molecule has 6 nitrogen and oxygen atoms in total. The fourth-order valence-electron chi connectivity index (χ4n) is 4.45. The van der Waals surface area contributed by atoms with E-state index in [2.05, 4.69) is 9.97 Å². The van der Waals surface area contributed by atoms with Crippen LogP contribution in [0, 0.1) is 0 Å². The number of hydrogen-bond donors (Lipinski definition) is 1. The van der Waals surface area contributed by atoms with E-state index < -0.39 is 23.5 Å². The number of rotatable bonds is 3. The molecule has 1 aliphatic heterocycles. The predicted octanol–water partition coefficient (Wildman–Crippen LogP) is 5.59. The Bertz CT molecular complexity index is 1560. The van der Waals surface area contributed by atoms with E-state index in [4.69, 9.17) is 0 Å². The van der Waals surface area contributed by atoms with Crippen LogP contribution in [0.25, 0.3) is 22.0 Å². The third kappa shape index (κ3) is 5.45. The molecule has 0 bridgehead atoms. The van der Waals surface area contributed by atoms with Crippen LogP contribution in [0.2, 0.25) is 0 Å². The Morgan fingerprint density at radius 2 is 1.36 bits per heavy atom. The number of halogens is 6. The van der Waals surface area contributed by atoms with Crippen molar-refractivity contribution in [2.24, 2.45) is 0 Å². The fourth-order valence-corrected chi connectivity index (χ4v) is 4.45. The van der Waals surface area contributed by atoms with Crippen LogP contribution in [0.15, 0.2) is 71.5 Å². The van der Waals surface area contributed by atoms with Gasteiger partial charge in [0.1, 0.15) is 0 Å². The van der Waals surface area contributed by atoms with E-state index in [1.54, 1.807) is 29.2 Å². The topological polar surface area (TPSA) is 69.3 Å². The summed E-state index contributed by atoms with van der Waals surface area (Å²) in [5.74, 6) is 0.0654. The molecule has 1 saturated heterocycles. The number of anilines is 1. The maximum absolute atomic E-state index is 13.2. The van der Waals surface area contributed by atoms with Crippen molar-refractivity contribution in [2.45, 2.75) is 12.4 Å². The van der Waals surface area contributed by atoms with Crippen molar-refractivity contribution in [3.8, 4) is 11.1 Å². The van der Waals surface area contributed by atoms with Crippen LogP contribution in [0.3, 0.4) is 0 Å². The Kier molecular flexibility index (Phi) is 6.57. The molecule has 0 spiro atoms. The largest absolute Gasteiger partial charge is 0.416 e. The lowest BCUT2D eigenvalue weighted by Crippen LogP contribution is -2.49. The number of para-hydroxylation sites is 1. The van der Waals surface area contributed by atoms with Gasteiger partial charge in [0, 0.05) is 31.7 Å². The number of nitrogens with zero attached hydrogens (tertiary/aromatic N) is 3. The Balaban J connectivity index is 1.31. The molecule has 1 aromatic heterocycles. The Morgan fingerprint density at radius 3 is 1.95 bits per heavy atom. The number of hydrogen-bond acceptors (Lipinski definition) is 4. The summed E-state index contributed by atoms with van der Waals surface area (Å²) >= 11 is 0. The van der Waals surface area contributed by atoms with Crippen molar-refractivity contribution in [3.63, 3.8) is 0 Å². The number of nitrogens with one attached hydrogen (secondary N) is 1. The maximum Gasteiger partial charge on any atom is 0.416 e. The van der Waals surface area contributed by atoms with Gasteiger partial charge in [0.05, 0.1) is 22.0 Å². The van der Waals surface area contributed by atoms with Gasteiger partial charge in [-0.05, 0) is 53.6 Å². The van der Waals surface area contributed by atoms with Crippen LogP contribution >= 0.6 is 0 Å². The van der Waals surface area contributed by atoms with Crippen LogP contribution in [-0.2, 0) is 12.4 Å². The van der Waals surface area contributed by atoms with Crippen molar-refractivity contribution < 1.29 is 31.1 Å². The zero-order valence-corrected chi connectivity index (χ0v) is 20.1. The predicted molar refractivity (Wildman–Crippen MR) is 132 cm³/mol. The standard InChI is InChI=1S/C27H20F6N4O2/c28-26(29,30)19-13-18(14-20(15-19)27(31,32)33)16-5-7-17(8-6-16)24(39)36-9-11-37(12-10-36)25-34-22-4-2-1-3-21(22)23(38)35-25/h1-8,13-15H,9-12H2,(H,34,35,38). The van der Waals surface area contributed by atoms with E-state index in [1.807, 2.05) is 4.90 Å². The quantitative estimate of drug-likeness (QED) is 0.340. The molecule has 1 N–H and O–H groups in total. The molecule has 3 aromatic carbocycles. The van der Waals surface area contributed by atoms with E-state index in [-0.39, 0.29) is 34.2 Å². The molecule has 1 fully saturated rings. The van der Waals surface area contributed by atoms with Gasteiger partial charge < -0.3 is 9.80 Å². The summed E-state index contributed by atoms with van der Waals surface area (Å²) in [6.07, 6.45) is -9.91.